The average Bonchev–Trinajstić information content (AvgIpc) is 2.75. The molecule has 0 aliphatic heterocycles. The first-order chi connectivity index (χ1) is 16.3. The molecule has 1 N–H and O–H groups in total. The van der Waals surface area contributed by atoms with E-state index in [0.717, 1.165) is 6.26 Å². The zero-order valence-corrected chi connectivity index (χ0v) is 23.2. The fraction of sp³-hybridized carbons (Fsp3) is 0.417. The van der Waals surface area contributed by atoms with Gasteiger partial charge in [-0.05, 0) is 63.6 Å². The van der Waals surface area contributed by atoms with E-state index in [9.17, 15) is 18.0 Å². The van der Waals surface area contributed by atoms with Crippen LogP contribution in [0.4, 0.5) is 5.69 Å². The molecule has 0 fully saturated rings. The maximum absolute atomic E-state index is 13.3. The van der Waals surface area contributed by atoms with E-state index in [1.165, 1.54) is 9.21 Å². The van der Waals surface area contributed by atoms with Gasteiger partial charge in [0, 0.05) is 46.2 Å². The molecule has 0 spiro atoms. The van der Waals surface area contributed by atoms with E-state index in [1.54, 1.807) is 49.4 Å². The number of hydrogen-bond acceptors (Lipinski definition) is 4. The summed E-state index contributed by atoms with van der Waals surface area (Å²) in [4.78, 5) is 27.4. The van der Waals surface area contributed by atoms with Crippen LogP contribution in [-0.2, 0) is 26.2 Å². The third kappa shape index (κ3) is 8.56. The Hall–Kier alpha value is -2.00. The van der Waals surface area contributed by atoms with Crippen molar-refractivity contribution in [2.45, 2.75) is 52.2 Å². The Balaban J connectivity index is 2.22. The van der Waals surface area contributed by atoms with Crippen molar-refractivity contribution in [1.82, 2.24) is 10.2 Å². The largest absolute Gasteiger partial charge is 0.352 e. The van der Waals surface area contributed by atoms with Gasteiger partial charge in [-0.15, -0.1) is 0 Å². The number of anilines is 1. The molecule has 192 valence electrons. The number of carbonyl (C=O) groups excluding carboxylic acids is 2. The fourth-order valence-electron chi connectivity index (χ4n) is 3.45. The molecule has 0 heterocycles. The van der Waals surface area contributed by atoms with Gasteiger partial charge < -0.3 is 10.2 Å². The Morgan fingerprint density at radius 2 is 1.54 bits per heavy atom. The lowest BCUT2D eigenvalue weighted by Crippen LogP contribution is -2.49. The van der Waals surface area contributed by atoms with Crippen LogP contribution in [0.1, 0.15) is 39.2 Å². The van der Waals surface area contributed by atoms with E-state index in [0.29, 0.717) is 26.3 Å². The van der Waals surface area contributed by atoms with Crippen molar-refractivity contribution in [2.75, 3.05) is 17.1 Å². The predicted octanol–water partition coefficient (Wildman–Crippen LogP) is 5.13. The molecule has 0 saturated heterocycles. The molecule has 2 amide bonds. The first-order valence-electron chi connectivity index (χ1n) is 11.1. The van der Waals surface area contributed by atoms with Gasteiger partial charge in [0.15, 0.2) is 0 Å². The lowest BCUT2D eigenvalue weighted by atomic mass is 10.1. The molecule has 2 rings (SSSR count). The monoisotopic (exact) mass is 561 g/mol. The first kappa shape index (κ1) is 29.2. The second kappa shape index (κ2) is 12.8. The third-order valence-corrected chi connectivity index (χ3v) is 7.41. The lowest BCUT2D eigenvalue weighted by Gasteiger charge is -2.30. The highest BCUT2D eigenvalue weighted by molar-refractivity contribution is 7.92. The standard InChI is InChI=1S/C24H30Cl3N3O4S/c1-16(2)28-24(32)17(3)29(15-20-21(26)7-5-8-22(20)27)23(31)9-6-14-30(35(4,33)34)19-12-10-18(25)11-13-19/h5,7-8,10-13,16-17H,6,9,14-15H2,1-4H3,(H,28,32). The zero-order chi connectivity index (χ0) is 26.3. The molecule has 2 aromatic rings. The predicted molar refractivity (Wildman–Crippen MR) is 143 cm³/mol. The van der Waals surface area contributed by atoms with Crippen LogP contribution in [0, 0.1) is 0 Å². The maximum Gasteiger partial charge on any atom is 0.242 e. The van der Waals surface area contributed by atoms with Gasteiger partial charge in [0.2, 0.25) is 21.8 Å². The van der Waals surface area contributed by atoms with E-state index >= 15 is 0 Å². The normalized spacial score (nSPS) is 12.3. The topological polar surface area (TPSA) is 86.8 Å². The molecule has 1 unspecified atom stereocenters. The van der Waals surface area contributed by atoms with Crippen molar-refractivity contribution in [3.05, 3.63) is 63.1 Å². The maximum atomic E-state index is 13.3. The van der Waals surface area contributed by atoms with Crippen LogP contribution in [0.3, 0.4) is 0 Å². The number of benzene rings is 2. The number of amides is 2. The second-order valence-electron chi connectivity index (χ2n) is 8.48. The summed E-state index contributed by atoms with van der Waals surface area (Å²) in [6.07, 6.45) is 1.36. The minimum absolute atomic E-state index is 0.0149. The number of nitrogens with zero attached hydrogens (tertiary/aromatic N) is 2. The summed E-state index contributed by atoms with van der Waals surface area (Å²) >= 11 is 18.5. The van der Waals surface area contributed by atoms with Crippen molar-refractivity contribution in [3.63, 3.8) is 0 Å². The quantitative estimate of drug-likeness (QED) is 0.411. The van der Waals surface area contributed by atoms with Crippen LogP contribution >= 0.6 is 34.8 Å². The molecule has 0 bridgehead atoms. The van der Waals surface area contributed by atoms with Crippen molar-refractivity contribution in [1.29, 1.82) is 0 Å². The molecule has 11 heteroatoms. The van der Waals surface area contributed by atoms with Gasteiger partial charge in [0.25, 0.3) is 0 Å². The Morgan fingerprint density at radius 3 is 2.06 bits per heavy atom. The lowest BCUT2D eigenvalue weighted by molar-refractivity contribution is -0.140. The molecule has 35 heavy (non-hydrogen) atoms. The van der Waals surface area contributed by atoms with Crippen molar-refractivity contribution >= 4 is 62.3 Å². The van der Waals surface area contributed by atoms with Crippen LogP contribution < -0.4 is 9.62 Å². The Bertz CT molecular complexity index is 1120. The molecule has 0 saturated carbocycles. The summed E-state index contributed by atoms with van der Waals surface area (Å²) in [5.74, 6) is -0.632. The molecule has 0 aromatic heterocycles. The number of nitrogens with one attached hydrogen (secondary N) is 1. The first-order valence-corrected chi connectivity index (χ1v) is 14.1. The number of carbonyl (C=O) groups is 2. The van der Waals surface area contributed by atoms with Crippen LogP contribution in [0.2, 0.25) is 15.1 Å². The molecule has 0 radical (unpaired) electrons. The van der Waals surface area contributed by atoms with E-state index in [-0.39, 0.29) is 43.8 Å². The summed E-state index contributed by atoms with van der Waals surface area (Å²) < 4.78 is 25.9. The van der Waals surface area contributed by atoms with E-state index < -0.39 is 16.1 Å². The van der Waals surface area contributed by atoms with E-state index in [4.69, 9.17) is 34.8 Å². The minimum atomic E-state index is -3.59. The van der Waals surface area contributed by atoms with Crippen molar-refractivity contribution < 1.29 is 18.0 Å². The summed E-state index contributed by atoms with van der Waals surface area (Å²) in [6.45, 7) is 5.42. The molecular weight excluding hydrogens is 533 g/mol. The van der Waals surface area contributed by atoms with E-state index in [2.05, 4.69) is 5.32 Å². The molecular formula is C24H30Cl3N3O4S. The molecule has 2 aromatic carbocycles. The Kier molecular flexibility index (Phi) is 10.7. The SMILES string of the molecule is CC(C)NC(=O)C(C)N(Cc1c(Cl)cccc1Cl)C(=O)CCCN(c1ccc(Cl)cc1)S(C)(=O)=O. The third-order valence-electron chi connectivity index (χ3n) is 5.26. The highest BCUT2D eigenvalue weighted by Crippen LogP contribution is 2.27. The number of hydrogen-bond donors (Lipinski definition) is 1. The molecule has 7 nitrogen and oxygen atoms in total. The zero-order valence-electron chi connectivity index (χ0n) is 20.1. The molecule has 1 atom stereocenters. The van der Waals surface area contributed by atoms with Gasteiger partial charge in [0.05, 0.1) is 11.9 Å². The van der Waals surface area contributed by atoms with Gasteiger partial charge in [-0.1, -0.05) is 40.9 Å². The smallest absolute Gasteiger partial charge is 0.242 e. The molecule has 0 aliphatic rings. The summed E-state index contributed by atoms with van der Waals surface area (Å²) in [5, 5.41) is 4.08. The Morgan fingerprint density at radius 1 is 0.971 bits per heavy atom. The van der Waals surface area contributed by atoms with Gasteiger partial charge in [0.1, 0.15) is 6.04 Å². The van der Waals surface area contributed by atoms with E-state index in [1.807, 2.05) is 13.8 Å². The van der Waals surface area contributed by atoms with Crippen molar-refractivity contribution in [3.8, 4) is 0 Å². The van der Waals surface area contributed by atoms with Crippen molar-refractivity contribution in [2.24, 2.45) is 0 Å². The summed E-state index contributed by atoms with van der Waals surface area (Å²) in [5.41, 5.74) is 0.987. The van der Waals surface area contributed by atoms with Gasteiger partial charge in [-0.25, -0.2) is 8.42 Å². The number of sulfonamides is 1. The van der Waals surface area contributed by atoms with Gasteiger partial charge in [-0.2, -0.15) is 0 Å². The van der Waals surface area contributed by atoms with Crippen LogP contribution in [0.25, 0.3) is 0 Å². The Labute approximate surface area is 222 Å². The highest BCUT2D eigenvalue weighted by Gasteiger charge is 2.28. The fourth-order valence-corrected chi connectivity index (χ4v) is 5.06. The summed E-state index contributed by atoms with van der Waals surface area (Å²) in [7, 11) is -3.59. The van der Waals surface area contributed by atoms with Crippen LogP contribution in [0.15, 0.2) is 42.5 Å². The van der Waals surface area contributed by atoms with Crippen LogP contribution in [0.5, 0.6) is 0 Å². The minimum Gasteiger partial charge on any atom is -0.352 e. The van der Waals surface area contributed by atoms with Crippen LogP contribution in [-0.4, -0.2) is 50.0 Å². The highest BCUT2D eigenvalue weighted by atomic mass is 35.5. The average molecular weight is 563 g/mol. The molecule has 0 aliphatic carbocycles. The van der Waals surface area contributed by atoms with Gasteiger partial charge >= 0.3 is 0 Å². The van der Waals surface area contributed by atoms with Gasteiger partial charge in [-0.3, -0.25) is 13.9 Å². The number of rotatable bonds is 11. The second-order valence-corrected chi connectivity index (χ2v) is 11.6. The summed E-state index contributed by atoms with van der Waals surface area (Å²) in [6, 6.07) is 10.6. The number of halogens is 3.